The summed E-state index contributed by atoms with van der Waals surface area (Å²) in [5.41, 5.74) is 6.61. The molecule has 1 aromatic carbocycles. The molecule has 1 rings (SSSR count). The monoisotopic (exact) mass is 167 g/mol. The van der Waals surface area contributed by atoms with Crippen molar-refractivity contribution < 1.29 is 4.39 Å². The van der Waals surface area contributed by atoms with Gasteiger partial charge in [0.1, 0.15) is 5.82 Å². The van der Waals surface area contributed by atoms with Gasteiger partial charge in [0.05, 0.1) is 0 Å². The fourth-order valence-electron chi connectivity index (χ4n) is 1.09. The fraction of sp³-hybridized carbons (Fsp3) is 0.400. The largest absolute Gasteiger partial charge is 0.328 e. The second-order valence-electron chi connectivity index (χ2n) is 3.15. The number of halogens is 1. The number of aryl methyl sites for hydroxylation is 1. The molecule has 0 bridgehead atoms. The molecule has 1 atom stereocenters. The van der Waals surface area contributed by atoms with Crippen molar-refractivity contribution in [3.05, 3.63) is 35.6 Å². The lowest BCUT2D eigenvalue weighted by Gasteiger charge is -2.04. The smallest absolute Gasteiger partial charge is 0.123 e. The molecule has 0 heterocycles. The third-order valence-electron chi connectivity index (χ3n) is 1.78. The minimum Gasteiger partial charge on any atom is -0.328 e. The first-order chi connectivity index (χ1) is 5.68. The molecule has 0 aliphatic rings. The number of hydrogen-bond acceptors (Lipinski definition) is 1. The van der Waals surface area contributed by atoms with E-state index in [0.29, 0.717) is 0 Å². The third kappa shape index (κ3) is 3.01. The zero-order chi connectivity index (χ0) is 8.97. The molecular weight excluding hydrogens is 153 g/mol. The zero-order valence-electron chi connectivity index (χ0n) is 7.26. The van der Waals surface area contributed by atoms with Gasteiger partial charge in [-0.3, -0.25) is 0 Å². The Labute approximate surface area is 72.4 Å². The first kappa shape index (κ1) is 9.20. The van der Waals surface area contributed by atoms with Gasteiger partial charge in [0.15, 0.2) is 0 Å². The van der Waals surface area contributed by atoms with E-state index in [4.69, 9.17) is 5.73 Å². The molecule has 0 radical (unpaired) electrons. The van der Waals surface area contributed by atoms with Gasteiger partial charge in [-0.15, -0.1) is 0 Å². The van der Waals surface area contributed by atoms with E-state index in [1.165, 1.54) is 6.07 Å². The molecule has 1 aromatic rings. The second kappa shape index (κ2) is 4.21. The van der Waals surface area contributed by atoms with E-state index in [0.717, 1.165) is 18.4 Å². The Morgan fingerprint density at radius 2 is 2.25 bits per heavy atom. The van der Waals surface area contributed by atoms with E-state index in [1.54, 1.807) is 12.1 Å². The number of nitrogens with two attached hydrogens (primary N) is 1. The van der Waals surface area contributed by atoms with Crippen molar-refractivity contribution in [3.8, 4) is 0 Å². The normalized spacial score (nSPS) is 12.9. The van der Waals surface area contributed by atoms with Gasteiger partial charge >= 0.3 is 0 Å². The van der Waals surface area contributed by atoms with E-state index < -0.39 is 0 Å². The van der Waals surface area contributed by atoms with Crippen molar-refractivity contribution in [1.29, 1.82) is 0 Å². The van der Waals surface area contributed by atoms with Gasteiger partial charge < -0.3 is 5.73 Å². The molecule has 1 unspecified atom stereocenters. The van der Waals surface area contributed by atoms with Crippen molar-refractivity contribution in [1.82, 2.24) is 0 Å². The van der Waals surface area contributed by atoms with E-state index >= 15 is 0 Å². The number of hydrogen-bond donors (Lipinski definition) is 1. The standard InChI is InChI=1S/C10H14FN/c1-8(12)5-6-9-3-2-4-10(11)7-9/h2-4,7-8H,5-6,12H2,1H3. The Bertz CT molecular complexity index is 245. The summed E-state index contributed by atoms with van der Waals surface area (Å²) in [6.45, 7) is 1.96. The SMILES string of the molecule is CC(N)CCc1cccc(F)c1. The highest BCUT2D eigenvalue weighted by Crippen LogP contribution is 2.06. The summed E-state index contributed by atoms with van der Waals surface area (Å²) in [6.07, 6.45) is 1.76. The molecule has 0 fully saturated rings. The van der Waals surface area contributed by atoms with Crippen LogP contribution in [0.1, 0.15) is 18.9 Å². The molecule has 2 heteroatoms. The summed E-state index contributed by atoms with van der Waals surface area (Å²) < 4.78 is 12.7. The summed E-state index contributed by atoms with van der Waals surface area (Å²) >= 11 is 0. The molecule has 0 aromatic heterocycles. The van der Waals surface area contributed by atoms with Crippen LogP contribution in [-0.4, -0.2) is 6.04 Å². The average Bonchev–Trinajstić information content (AvgIpc) is 2.01. The van der Waals surface area contributed by atoms with Crippen LogP contribution in [0.5, 0.6) is 0 Å². The van der Waals surface area contributed by atoms with Gasteiger partial charge in [0.25, 0.3) is 0 Å². The molecule has 0 spiro atoms. The van der Waals surface area contributed by atoms with Gasteiger partial charge in [-0.1, -0.05) is 12.1 Å². The zero-order valence-corrected chi connectivity index (χ0v) is 7.26. The predicted octanol–water partition coefficient (Wildman–Crippen LogP) is 2.11. The van der Waals surface area contributed by atoms with Crippen molar-refractivity contribution in [3.63, 3.8) is 0 Å². The first-order valence-corrected chi connectivity index (χ1v) is 4.18. The summed E-state index contributed by atoms with van der Waals surface area (Å²) in [4.78, 5) is 0. The summed E-state index contributed by atoms with van der Waals surface area (Å²) in [5, 5.41) is 0. The molecule has 0 aliphatic heterocycles. The Balaban J connectivity index is 2.52. The highest BCUT2D eigenvalue weighted by atomic mass is 19.1. The second-order valence-corrected chi connectivity index (χ2v) is 3.15. The minimum absolute atomic E-state index is 0.169. The van der Waals surface area contributed by atoms with Crippen LogP contribution in [0, 0.1) is 5.82 Å². The number of rotatable bonds is 3. The molecule has 1 nitrogen and oxygen atoms in total. The van der Waals surface area contributed by atoms with Gasteiger partial charge in [-0.05, 0) is 37.5 Å². The third-order valence-corrected chi connectivity index (χ3v) is 1.78. The van der Waals surface area contributed by atoms with Crippen LogP contribution in [0.2, 0.25) is 0 Å². The molecular formula is C10H14FN. The molecule has 2 N–H and O–H groups in total. The van der Waals surface area contributed by atoms with Crippen molar-refractivity contribution in [2.45, 2.75) is 25.8 Å². The molecule has 66 valence electrons. The van der Waals surface area contributed by atoms with Gasteiger partial charge in [-0.2, -0.15) is 0 Å². The lowest BCUT2D eigenvalue weighted by atomic mass is 10.1. The average molecular weight is 167 g/mol. The maximum Gasteiger partial charge on any atom is 0.123 e. The van der Waals surface area contributed by atoms with Crippen molar-refractivity contribution in [2.24, 2.45) is 5.73 Å². The maximum atomic E-state index is 12.7. The summed E-state index contributed by atoms with van der Waals surface area (Å²) in [6, 6.07) is 6.85. The maximum absolute atomic E-state index is 12.7. The van der Waals surface area contributed by atoms with Crippen molar-refractivity contribution in [2.75, 3.05) is 0 Å². The lowest BCUT2D eigenvalue weighted by molar-refractivity contribution is 0.620. The Hall–Kier alpha value is -0.890. The highest BCUT2D eigenvalue weighted by molar-refractivity contribution is 5.16. The number of benzene rings is 1. The summed E-state index contributed by atoms with van der Waals surface area (Å²) in [5.74, 6) is -0.169. The van der Waals surface area contributed by atoms with E-state index in [1.807, 2.05) is 13.0 Å². The lowest BCUT2D eigenvalue weighted by Crippen LogP contribution is -2.15. The van der Waals surface area contributed by atoms with E-state index in [2.05, 4.69) is 0 Å². The van der Waals surface area contributed by atoms with Crippen LogP contribution in [0.3, 0.4) is 0 Å². The Morgan fingerprint density at radius 1 is 1.50 bits per heavy atom. The first-order valence-electron chi connectivity index (χ1n) is 4.18. The summed E-state index contributed by atoms with van der Waals surface area (Å²) in [7, 11) is 0. The van der Waals surface area contributed by atoms with Crippen LogP contribution in [0.4, 0.5) is 4.39 Å². The van der Waals surface area contributed by atoms with Crippen LogP contribution >= 0.6 is 0 Å². The Kier molecular flexibility index (Phi) is 3.23. The van der Waals surface area contributed by atoms with Gasteiger partial charge in [0.2, 0.25) is 0 Å². The van der Waals surface area contributed by atoms with Gasteiger partial charge in [-0.25, -0.2) is 4.39 Å². The molecule has 0 aliphatic carbocycles. The molecule has 0 amide bonds. The molecule has 12 heavy (non-hydrogen) atoms. The van der Waals surface area contributed by atoms with Crippen LogP contribution in [0.25, 0.3) is 0 Å². The van der Waals surface area contributed by atoms with Crippen molar-refractivity contribution >= 4 is 0 Å². The van der Waals surface area contributed by atoms with Gasteiger partial charge in [0, 0.05) is 6.04 Å². The highest BCUT2D eigenvalue weighted by Gasteiger charge is 1.97. The Morgan fingerprint density at radius 3 is 2.83 bits per heavy atom. The fourth-order valence-corrected chi connectivity index (χ4v) is 1.09. The molecule has 0 saturated heterocycles. The molecule has 0 saturated carbocycles. The van der Waals surface area contributed by atoms with Crippen LogP contribution in [0.15, 0.2) is 24.3 Å². The van der Waals surface area contributed by atoms with Crippen LogP contribution in [-0.2, 0) is 6.42 Å². The predicted molar refractivity (Wildman–Crippen MR) is 48.4 cm³/mol. The van der Waals surface area contributed by atoms with E-state index in [9.17, 15) is 4.39 Å². The minimum atomic E-state index is -0.169. The van der Waals surface area contributed by atoms with Crippen LogP contribution < -0.4 is 5.73 Å². The topological polar surface area (TPSA) is 26.0 Å². The van der Waals surface area contributed by atoms with E-state index in [-0.39, 0.29) is 11.9 Å². The quantitative estimate of drug-likeness (QED) is 0.733.